The maximum atomic E-state index is 10.0. The first-order chi connectivity index (χ1) is 13.2. The van der Waals surface area contributed by atoms with Crippen LogP contribution < -0.4 is 0 Å². The van der Waals surface area contributed by atoms with Gasteiger partial charge in [-0.3, -0.25) is 0 Å². The third-order valence-corrected chi connectivity index (χ3v) is 9.12. The fraction of sp³-hybridized carbons (Fsp3) is 0.962. The van der Waals surface area contributed by atoms with Crippen LogP contribution in [0.3, 0.4) is 0 Å². The van der Waals surface area contributed by atoms with Crippen LogP contribution in [0.15, 0.2) is 0 Å². The van der Waals surface area contributed by atoms with Crippen molar-refractivity contribution in [2.75, 3.05) is 0 Å². The lowest BCUT2D eigenvalue weighted by Crippen LogP contribution is -2.37. The van der Waals surface area contributed by atoms with Crippen LogP contribution in [0.25, 0.3) is 0 Å². The molecule has 3 fully saturated rings. The van der Waals surface area contributed by atoms with Gasteiger partial charge in [-0.2, -0.15) is 5.26 Å². The third kappa shape index (κ3) is 5.31. The van der Waals surface area contributed by atoms with Gasteiger partial charge in [0.1, 0.15) is 0 Å². The van der Waals surface area contributed by atoms with E-state index in [1.807, 2.05) is 0 Å². The molecular formula is C26H45N. The van der Waals surface area contributed by atoms with E-state index in [9.17, 15) is 5.26 Å². The summed E-state index contributed by atoms with van der Waals surface area (Å²) in [5.41, 5.74) is 0.0492. The molecule has 0 spiro atoms. The molecule has 3 aliphatic rings. The van der Waals surface area contributed by atoms with Crippen molar-refractivity contribution >= 4 is 0 Å². The van der Waals surface area contributed by atoms with Crippen molar-refractivity contribution in [3.63, 3.8) is 0 Å². The average molecular weight is 372 g/mol. The number of nitrogens with zero attached hydrogens (tertiary/aromatic N) is 1. The van der Waals surface area contributed by atoms with Crippen LogP contribution in [0.2, 0.25) is 0 Å². The summed E-state index contributed by atoms with van der Waals surface area (Å²) < 4.78 is 0. The van der Waals surface area contributed by atoms with E-state index in [0.29, 0.717) is 5.92 Å². The molecule has 0 atom stereocenters. The van der Waals surface area contributed by atoms with Crippen molar-refractivity contribution < 1.29 is 0 Å². The molecule has 154 valence electrons. The summed E-state index contributed by atoms with van der Waals surface area (Å²) in [5.74, 6) is 4.65. The van der Waals surface area contributed by atoms with Gasteiger partial charge in [-0.15, -0.1) is 0 Å². The maximum absolute atomic E-state index is 10.0. The SMILES string of the molecule is CCCCCC1CCC(C2CCC(C3(C#N)CCC(CC)CC3)CC2)CC1. The topological polar surface area (TPSA) is 23.8 Å². The van der Waals surface area contributed by atoms with E-state index in [-0.39, 0.29) is 5.41 Å². The van der Waals surface area contributed by atoms with Crippen LogP contribution >= 0.6 is 0 Å². The zero-order valence-corrected chi connectivity index (χ0v) is 18.4. The second-order valence-corrected chi connectivity index (χ2v) is 10.5. The van der Waals surface area contributed by atoms with Crippen molar-refractivity contribution in [1.82, 2.24) is 0 Å². The van der Waals surface area contributed by atoms with Crippen molar-refractivity contribution in [3.8, 4) is 6.07 Å². The number of unbranched alkanes of at least 4 members (excludes halogenated alkanes) is 2. The molecule has 0 heterocycles. The highest BCUT2D eigenvalue weighted by Gasteiger charge is 2.44. The van der Waals surface area contributed by atoms with Gasteiger partial charge in [0, 0.05) is 0 Å². The van der Waals surface area contributed by atoms with Gasteiger partial charge in [-0.25, -0.2) is 0 Å². The summed E-state index contributed by atoms with van der Waals surface area (Å²) in [6.07, 6.45) is 23.7. The van der Waals surface area contributed by atoms with Gasteiger partial charge < -0.3 is 0 Å². The van der Waals surface area contributed by atoms with E-state index < -0.39 is 0 Å². The predicted octanol–water partition coefficient (Wildman–Crippen LogP) is 8.29. The molecule has 0 saturated heterocycles. The van der Waals surface area contributed by atoms with Crippen molar-refractivity contribution in [3.05, 3.63) is 0 Å². The Labute approximate surface area is 169 Å². The van der Waals surface area contributed by atoms with Crippen LogP contribution in [0.4, 0.5) is 0 Å². The zero-order chi connectivity index (χ0) is 19.1. The first-order valence-electron chi connectivity index (χ1n) is 12.6. The van der Waals surface area contributed by atoms with Crippen molar-refractivity contribution in [2.24, 2.45) is 35.0 Å². The number of hydrogen-bond donors (Lipinski definition) is 0. The highest BCUT2D eigenvalue weighted by atomic mass is 14.5. The van der Waals surface area contributed by atoms with Crippen molar-refractivity contribution in [1.29, 1.82) is 5.26 Å². The zero-order valence-electron chi connectivity index (χ0n) is 18.4. The van der Waals surface area contributed by atoms with E-state index in [1.54, 1.807) is 0 Å². The van der Waals surface area contributed by atoms with Gasteiger partial charge in [0.05, 0.1) is 11.5 Å². The Morgan fingerprint density at radius 3 is 1.85 bits per heavy atom. The normalized spacial score (nSPS) is 40.4. The van der Waals surface area contributed by atoms with Crippen molar-refractivity contribution in [2.45, 2.75) is 123 Å². The molecule has 1 heteroatoms. The Morgan fingerprint density at radius 2 is 1.33 bits per heavy atom. The Hall–Kier alpha value is -0.510. The lowest BCUT2D eigenvalue weighted by Gasteiger charge is -2.45. The summed E-state index contributed by atoms with van der Waals surface area (Å²) in [7, 11) is 0. The minimum absolute atomic E-state index is 0.0492. The molecule has 0 amide bonds. The third-order valence-electron chi connectivity index (χ3n) is 9.12. The molecule has 0 bridgehead atoms. The number of hydrogen-bond acceptors (Lipinski definition) is 1. The highest BCUT2D eigenvalue weighted by molar-refractivity contribution is 5.06. The van der Waals surface area contributed by atoms with Crippen LogP contribution in [0.5, 0.6) is 0 Å². The minimum Gasteiger partial charge on any atom is -0.198 e. The molecule has 0 aliphatic heterocycles. The second kappa shape index (κ2) is 10.3. The predicted molar refractivity (Wildman–Crippen MR) is 115 cm³/mol. The fourth-order valence-electron chi connectivity index (χ4n) is 6.99. The molecule has 0 aromatic heterocycles. The summed E-state index contributed by atoms with van der Waals surface area (Å²) in [5, 5.41) is 10.0. The first-order valence-corrected chi connectivity index (χ1v) is 12.6. The molecule has 3 rings (SSSR count). The number of rotatable bonds is 7. The minimum atomic E-state index is 0.0492. The molecule has 0 aromatic rings. The Bertz CT molecular complexity index is 451. The Kier molecular flexibility index (Phi) is 8.10. The van der Waals surface area contributed by atoms with Crippen LogP contribution in [-0.4, -0.2) is 0 Å². The second-order valence-electron chi connectivity index (χ2n) is 10.5. The molecule has 0 unspecified atom stereocenters. The molecule has 0 aromatic carbocycles. The van der Waals surface area contributed by atoms with Gasteiger partial charge >= 0.3 is 0 Å². The molecule has 3 aliphatic carbocycles. The molecular weight excluding hydrogens is 326 g/mol. The number of nitriles is 1. The van der Waals surface area contributed by atoms with Gasteiger partial charge in [0.2, 0.25) is 0 Å². The summed E-state index contributed by atoms with van der Waals surface area (Å²) in [6, 6.07) is 2.86. The lowest BCUT2D eigenvalue weighted by atomic mass is 9.58. The van der Waals surface area contributed by atoms with E-state index in [4.69, 9.17) is 0 Å². The van der Waals surface area contributed by atoms with E-state index in [0.717, 1.165) is 23.7 Å². The van der Waals surface area contributed by atoms with Gasteiger partial charge in [0.15, 0.2) is 0 Å². The molecule has 0 N–H and O–H groups in total. The summed E-state index contributed by atoms with van der Waals surface area (Å²) in [4.78, 5) is 0. The van der Waals surface area contributed by atoms with Gasteiger partial charge in [-0.05, 0) is 93.8 Å². The quantitative estimate of drug-likeness (QED) is 0.413. The van der Waals surface area contributed by atoms with E-state index >= 15 is 0 Å². The summed E-state index contributed by atoms with van der Waals surface area (Å²) in [6.45, 7) is 4.65. The van der Waals surface area contributed by atoms with E-state index in [2.05, 4.69) is 19.9 Å². The molecule has 0 radical (unpaired) electrons. The Morgan fingerprint density at radius 1 is 0.741 bits per heavy atom. The van der Waals surface area contributed by atoms with Crippen LogP contribution in [-0.2, 0) is 0 Å². The largest absolute Gasteiger partial charge is 0.198 e. The van der Waals surface area contributed by atoms with E-state index in [1.165, 1.54) is 109 Å². The molecule has 3 saturated carbocycles. The standard InChI is InChI=1S/C26H45N/c1-3-5-6-7-22-8-10-23(11-9-22)24-12-14-25(15-13-24)26(20-27)18-16-21(4-2)17-19-26/h21-25H,3-19H2,1-2H3. The van der Waals surface area contributed by atoms with Crippen LogP contribution in [0, 0.1) is 46.3 Å². The Balaban J connectivity index is 1.42. The summed E-state index contributed by atoms with van der Waals surface area (Å²) >= 11 is 0. The average Bonchev–Trinajstić information content (AvgIpc) is 2.75. The highest BCUT2D eigenvalue weighted by Crippen LogP contribution is 2.52. The first kappa shape index (κ1) is 21.2. The molecule has 27 heavy (non-hydrogen) atoms. The fourth-order valence-corrected chi connectivity index (χ4v) is 6.99. The van der Waals surface area contributed by atoms with Gasteiger partial charge in [0.25, 0.3) is 0 Å². The monoisotopic (exact) mass is 371 g/mol. The molecule has 1 nitrogen and oxygen atoms in total. The maximum Gasteiger partial charge on any atom is 0.0692 e. The lowest BCUT2D eigenvalue weighted by molar-refractivity contribution is 0.0657. The van der Waals surface area contributed by atoms with Gasteiger partial charge in [-0.1, -0.05) is 58.8 Å². The smallest absolute Gasteiger partial charge is 0.0692 e. The van der Waals surface area contributed by atoms with Crippen LogP contribution in [0.1, 0.15) is 123 Å².